The molecule has 0 aromatic heterocycles. The average molecular weight is 352 g/mol. The Morgan fingerprint density at radius 1 is 1.00 bits per heavy atom. The Balaban J connectivity index is 0.00000112. The standard InChI is InChI=1S/C13H15Br.Ru/c14-13-10-4-2-1-3-9-12(13)11-7-5-6-8-11;/h1-2,5-8,11H,3-4,9-10H2;. The van der Waals surface area contributed by atoms with Gasteiger partial charge in [0.15, 0.2) is 0 Å². The van der Waals surface area contributed by atoms with E-state index in [0.29, 0.717) is 5.92 Å². The number of hydrogen-bond acceptors (Lipinski definition) is 0. The van der Waals surface area contributed by atoms with Crippen LogP contribution in [0.15, 0.2) is 46.5 Å². The van der Waals surface area contributed by atoms with Crippen LogP contribution in [0.2, 0.25) is 0 Å². The van der Waals surface area contributed by atoms with Crippen molar-refractivity contribution >= 4 is 15.9 Å². The predicted octanol–water partition coefficient (Wildman–Crippen LogP) is 4.51. The number of hydrogen-bond donors (Lipinski definition) is 0. The van der Waals surface area contributed by atoms with E-state index >= 15 is 0 Å². The van der Waals surface area contributed by atoms with E-state index < -0.39 is 0 Å². The fourth-order valence-electron chi connectivity index (χ4n) is 1.99. The van der Waals surface area contributed by atoms with Crippen molar-refractivity contribution in [2.24, 2.45) is 5.92 Å². The molecule has 0 spiro atoms. The number of allylic oxidation sites excluding steroid dienone is 8. The first-order valence-corrected chi connectivity index (χ1v) is 6.04. The molecule has 0 aromatic rings. The SMILES string of the molecule is BrC1=C(C2C=CC=C2)CCC=CCC1.[Ru]. The van der Waals surface area contributed by atoms with E-state index in [2.05, 4.69) is 52.4 Å². The van der Waals surface area contributed by atoms with Gasteiger partial charge >= 0.3 is 0 Å². The molecule has 0 unspecified atom stereocenters. The Bertz CT molecular complexity index is 311. The summed E-state index contributed by atoms with van der Waals surface area (Å²) < 4.78 is 1.42. The van der Waals surface area contributed by atoms with Crippen molar-refractivity contribution in [3.63, 3.8) is 0 Å². The van der Waals surface area contributed by atoms with Gasteiger partial charge in [0.25, 0.3) is 0 Å². The zero-order chi connectivity index (χ0) is 9.80. The monoisotopic (exact) mass is 352 g/mol. The second kappa shape index (κ2) is 6.60. The molecule has 2 rings (SSSR count). The third-order valence-electron chi connectivity index (χ3n) is 2.78. The fourth-order valence-corrected chi connectivity index (χ4v) is 2.68. The van der Waals surface area contributed by atoms with Crippen molar-refractivity contribution in [1.82, 2.24) is 0 Å². The summed E-state index contributed by atoms with van der Waals surface area (Å²) in [4.78, 5) is 0. The molecule has 0 amide bonds. The molecule has 0 heterocycles. The minimum atomic E-state index is 0. The third-order valence-corrected chi connectivity index (χ3v) is 3.68. The van der Waals surface area contributed by atoms with Gasteiger partial charge in [0.1, 0.15) is 0 Å². The molecule has 0 fully saturated rings. The summed E-state index contributed by atoms with van der Waals surface area (Å²) in [6.07, 6.45) is 18.1. The van der Waals surface area contributed by atoms with Crippen molar-refractivity contribution in [2.45, 2.75) is 25.7 Å². The van der Waals surface area contributed by atoms with Gasteiger partial charge in [-0.1, -0.05) is 52.4 Å². The van der Waals surface area contributed by atoms with Gasteiger partial charge in [0, 0.05) is 25.4 Å². The van der Waals surface area contributed by atoms with Crippen molar-refractivity contribution in [3.05, 3.63) is 46.5 Å². The quantitative estimate of drug-likeness (QED) is 0.481. The van der Waals surface area contributed by atoms with Gasteiger partial charge in [-0.25, -0.2) is 0 Å². The Morgan fingerprint density at radius 2 is 1.60 bits per heavy atom. The van der Waals surface area contributed by atoms with E-state index in [4.69, 9.17) is 0 Å². The van der Waals surface area contributed by atoms with Crippen LogP contribution in [0.5, 0.6) is 0 Å². The largest absolute Gasteiger partial charge is 0.0882 e. The summed E-state index contributed by atoms with van der Waals surface area (Å²) in [6, 6.07) is 0. The molecule has 0 radical (unpaired) electrons. The molecular weight excluding hydrogens is 337 g/mol. The molecular formula is C13H15BrRu. The summed E-state index contributed by atoms with van der Waals surface area (Å²) in [7, 11) is 0. The van der Waals surface area contributed by atoms with Crippen molar-refractivity contribution in [3.8, 4) is 0 Å². The van der Waals surface area contributed by atoms with Crippen LogP contribution in [0.3, 0.4) is 0 Å². The van der Waals surface area contributed by atoms with E-state index in [1.807, 2.05) is 0 Å². The summed E-state index contributed by atoms with van der Waals surface area (Å²) >= 11 is 3.73. The molecule has 82 valence electrons. The van der Waals surface area contributed by atoms with E-state index in [1.165, 1.54) is 23.7 Å². The molecule has 0 aliphatic heterocycles. The molecule has 0 bridgehead atoms. The van der Waals surface area contributed by atoms with Crippen molar-refractivity contribution in [2.75, 3.05) is 0 Å². The van der Waals surface area contributed by atoms with Crippen LogP contribution in [-0.2, 0) is 19.5 Å². The first kappa shape index (κ1) is 13.1. The Labute approximate surface area is 113 Å². The van der Waals surface area contributed by atoms with Gasteiger partial charge < -0.3 is 0 Å². The molecule has 0 nitrogen and oxygen atoms in total. The first-order valence-electron chi connectivity index (χ1n) is 5.25. The van der Waals surface area contributed by atoms with Crippen LogP contribution < -0.4 is 0 Å². The van der Waals surface area contributed by atoms with Gasteiger partial charge in [-0.15, -0.1) is 0 Å². The van der Waals surface area contributed by atoms with Crippen LogP contribution in [0.4, 0.5) is 0 Å². The summed E-state index contributed by atoms with van der Waals surface area (Å²) in [6.45, 7) is 0. The Hall–Kier alpha value is 0.0634. The third kappa shape index (κ3) is 3.53. The maximum absolute atomic E-state index is 3.73. The smallest absolute Gasteiger partial charge is 0.0174 e. The predicted molar refractivity (Wildman–Crippen MR) is 65.3 cm³/mol. The van der Waals surface area contributed by atoms with Crippen LogP contribution in [0, 0.1) is 5.92 Å². The molecule has 15 heavy (non-hydrogen) atoms. The fraction of sp³-hybridized carbons (Fsp3) is 0.385. The van der Waals surface area contributed by atoms with E-state index in [0.717, 1.165) is 6.42 Å². The van der Waals surface area contributed by atoms with E-state index in [9.17, 15) is 0 Å². The second-order valence-corrected chi connectivity index (χ2v) is 4.73. The molecule has 2 aliphatic rings. The molecule has 0 N–H and O–H groups in total. The Morgan fingerprint density at radius 3 is 2.27 bits per heavy atom. The van der Waals surface area contributed by atoms with E-state index in [1.54, 1.807) is 5.57 Å². The molecule has 0 atom stereocenters. The first-order chi connectivity index (χ1) is 6.88. The van der Waals surface area contributed by atoms with Crippen molar-refractivity contribution < 1.29 is 19.5 Å². The Kier molecular flexibility index (Phi) is 5.78. The summed E-state index contributed by atoms with van der Waals surface area (Å²) in [5.41, 5.74) is 1.57. The normalized spacial score (nSPS) is 21.4. The molecule has 0 saturated carbocycles. The van der Waals surface area contributed by atoms with Gasteiger partial charge in [0.05, 0.1) is 0 Å². The zero-order valence-corrected chi connectivity index (χ0v) is 11.9. The van der Waals surface area contributed by atoms with Crippen LogP contribution in [0.25, 0.3) is 0 Å². The van der Waals surface area contributed by atoms with E-state index in [-0.39, 0.29) is 19.5 Å². The van der Waals surface area contributed by atoms with Crippen LogP contribution >= 0.6 is 15.9 Å². The van der Waals surface area contributed by atoms with Gasteiger partial charge in [0.2, 0.25) is 0 Å². The van der Waals surface area contributed by atoms with Gasteiger partial charge in [-0.2, -0.15) is 0 Å². The maximum Gasteiger partial charge on any atom is 0.0174 e. The van der Waals surface area contributed by atoms with Crippen LogP contribution in [0.1, 0.15) is 25.7 Å². The molecule has 0 aromatic carbocycles. The number of rotatable bonds is 1. The summed E-state index contributed by atoms with van der Waals surface area (Å²) in [5, 5.41) is 0. The van der Waals surface area contributed by atoms with Gasteiger partial charge in [-0.3, -0.25) is 0 Å². The summed E-state index contributed by atoms with van der Waals surface area (Å²) in [5.74, 6) is 0.552. The molecule has 2 aliphatic carbocycles. The average Bonchev–Trinajstić information content (AvgIpc) is 2.65. The van der Waals surface area contributed by atoms with Gasteiger partial charge in [-0.05, 0) is 35.7 Å². The van der Waals surface area contributed by atoms with Crippen molar-refractivity contribution in [1.29, 1.82) is 0 Å². The second-order valence-electron chi connectivity index (χ2n) is 3.77. The molecule has 2 heteroatoms. The molecule has 0 saturated heterocycles. The zero-order valence-electron chi connectivity index (χ0n) is 8.60. The minimum Gasteiger partial charge on any atom is -0.0882 e. The minimum absolute atomic E-state index is 0. The number of halogens is 1. The van der Waals surface area contributed by atoms with Crippen LogP contribution in [-0.4, -0.2) is 0 Å². The maximum atomic E-state index is 3.73. The topological polar surface area (TPSA) is 0 Å².